The first-order chi connectivity index (χ1) is 16.3. The summed E-state index contributed by atoms with van der Waals surface area (Å²) < 4.78 is 33.4. The zero-order valence-corrected chi connectivity index (χ0v) is 18.1. The largest absolute Gasteiger partial charge is 0.459 e. The number of ether oxygens (including phenoxy) is 3. The van der Waals surface area contributed by atoms with Gasteiger partial charge in [-0.15, -0.1) is 0 Å². The second-order valence-electron chi connectivity index (χ2n) is 7.85. The molecule has 1 aromatic heterocycles. The minimum absolute atomic E-state index is 0.183. The molecule has 1 fully saturated rings. The van der Waals surface area contributed by atoms with Gasteiger partial charge in [-0.05, 0) is 31.2 Å². The maximum absolute atomic E-state index is 16.1. The van der Waals surface area contributed by atoms with Crippen LogP contribution in [0.15, 0.2) is 82.5 Å². The number of alkyl halides is 1. The second-order valence-corrected chi connectivity index (χ2v) is 7.85. The SMILES string of the molecule is C[C@]1(F)[C@H](OC(=O)c2ccccc2)[C@@H](COC(=O)c2ccccc2)O[C@H]1n1ccc(=O)[nH]c1=O. The molecule has 0 aliphatic carbocycles. The Balaban J connectivity index is 1.62. The summed E-state index contributed by atoms with van der Waals surface area (Å²) in [6.45, 7) is 0.658. The summed E-state index contributed by atoms with van der Waals surface area (Å²) in [5, 5.41) is 0. The van der Waals surface area contributed by atoms with Crippen LogP contribution in [0.1, 0.15) is 33.9 Å². The highest BCUT2D eigenvalue weighted by atomic mass is 19.1. The fourth-order valence-corrected chi connectivity index (χ4v) is 3.71. The molecule has 176 valence electrons. The van der Waals surface area contributed by atoms with E-state index in [4.69, 9.17) is 14.2 Å². The van der Waals surface area contributed by atoms with Crippen LogP contribution in [0.5, 0.6) is 0 Å². The van der Waals surface area contributed by atoms with Crippen LogP contribution in [0, 0.1) is 0 Å². The van der Waals surface area contributed by atoms with Gasteiger partial charge in [-0.2, -0.15) is 0 Å². The first kappa shape index (κ1) is 23.1. The molecule has 2 aromatic carbocycles. The standard InChI is InChI=1S/C24H21FN2O7/c1-24(25)19(34-21(30)16-10-6-3-7-11-16)17(14-32-20(29)15-8-4-2-5-9-15)33-22(24)27-13-12-18(28)26-23(27)31/h2-13,17,19,22H,14H2,1H3,(H,26,28,31)/t17-,19-,22-,24+/m1/s1. The molecule has 2 heterocycles. The van der Waals surface area contributed by atoms with Gasteiger partial charge in [0, 0.05) is 12.3 Å². The lowest BCUT2D eigenvalue weighted by molar-refractivity contribution is -0.0649. The van der Waals surface area contributed by atoms with Crippen molar-refractivity contribution >= 4 is 11.9 Å². The van der Waals surface area contributed by atoms with Crippen LogP contribution in [0.2, 0.25) is 0 Å². The van der Waals surface area contributed by atoms with Gasteiger partial charge in [0.1, 0.15) is 12.7 Å². The lowest BCUT2D eigenvalue weighted by Gasteiger charge is -2.27. The maximum atomic E-state index is 16.1. The molecular formula is C24H21FN2O7. The number of rotatable bonds is 6. The number of nitrogens with zero attached hydrogens (tertiary/aromatic N) is 1. The van der Waals surface area contributed by atoms with E-state index in [9.17, 15) is 19.2 Å². The van der Waals surface area contributed by atoms with Crippen LogP contribution in [0.25, 0.3) is 0 Å². The lowest BCUT2D eigenvalue weighted by atomic mass is 9.98. The van der Waals surface area contributed by atoms with Crippen LogP contribution in [-0.2, 0) is 14.2 Å². The van der Waals surface area contributed by atoms with Crippen molar-refractivity contribution in [2.75, 3.05) is 6.61 Å². The lowest BCUT2D eigenvalue weighted by Crippen LogP contribution is -2.46. The summed E-state index contributed by atoms with van der Waals surface area (Å²) in [7, 11) is 0. The van der Waals surface area contributed by atoms with E-state index in [1.165, 1.54) is 12.1 Å². The summed E-state index contributed by atoms with van der Waals surface area (Å²) in [5.41, 5.74) is -3.54. The average Bonchev–Trinajstić information content (AvgIpc) is 3.08. The third-order valence-electron chi connectivity index (χ3n) is 5.42. The average molecular weight is 468 g/mol. The number of hydrogen-bond donors (Lipinski definition) is 1. The van der Waals surface area contributed by atoms with Gasteiger partial charge in [-0.1, -0.05) is 36.4 Å². The predicted molar refractivity (Wildman–Crippen MR) is 117 cm³/mol. The van der Waals surface area contributed by atoms with Crippen molar-refractivity contribution in [3.05, 3.63) is 105 Å². The molecule has 1 N–H and O–H groups in total. The van der Waals surface area contributed by atoms with E-state index in [0.29, 0.717) is 0 Å². The smallest absolute Gasteiger partial charge is 0.338 e. The van der Waals surface area contributed by atoms with Crippen LogP contribution in [0.3, 0.4) is 0 Å². The highest BCUT2D eigenvalue weighted by Crippen LogP contribution is 2.42. The Morgan fingerprint density at radius 1 is 1.00 bits per heavy atom. The minimum atomic E-state index is -2.42. The van der Waals surface area contributed by atoms with Crippen molar-refractivity contribution < 1.29 is 28.2 Å². The Morgan fingerprint density at radius 3 is 2.18 bits per heavy atom. The van der Waals surface area contributed by atoms with E-state index in [2.05, 4.69) is 0 Å². The van der Waals surface area contributed by atoms with Crippen molar-refractivity contribution in [1.29, 1.82) is 0 Å². The first-order valence-corrected chi connectivity index (χ1v) is 10.4. The highest BCUT2D eigenvalue weighted by molar-refractivity contribution is 5.90. The number of esters is 2. The van der Waals surface area contributed by atoms with Gasteiger partial charge in [0.15, 0.2) is 18.0 Å². The molecule has 0 amide bonds. The van der Waals surface area contributed by atoms with Crippen molar-refractivity contribution in [3.63, 3.8) is 0 Å². The molecule has 4 atom stereocenters. The summed E-state index contributed by atoms with van der Waals surface area (Å²) >= 11 is 0. The molecule has 1 saturated heterocycles. The van der Waals surface area contributed by atoms with Gasteiger partial charge in [0.2, 0.25) is 0 Å². The molecule has 0 radical (unpaired) electrons. The van der Waals surface area contributed by atoms with Crippen LogP contribution in [0.4, 0.5) is 4.39 Å². The van der Waals surface area contributed by atoms with Crippen molar-refractivity contribution in [2.45, 2.75) is 31.0 Å². The second kappa shape index (κ2) is 9.44. The molecule has 0 bridgehead atoms. The van der Waals surface area contributed by atoms with Gasteiger partial charge in [-0.3, -0.25) is 14.3 Å². The molecule has 4 rings (SSSR count). The Morgan fingerprint density at radius 2 is 1.59 bits per heavy atom. The zero-order valence-electron chi connectivity index (χ0n) is 18.1. The van der Waals surface area contributed by atoms with Gasteiger partial charge in [0.05, 0.1) is 11.1 Å². The summed E-state index contributed by atoms with van der Waals surface area (Å²) in [4.78, 5) is 50.8. The Kier molecular flexibility index (Phi) is 6.42. The van der Waals surface area contributed by atoms with Gasteiger partial charge < -0.3 is 14.2 Å². The number of benzene rings is 2. The Hall–Kier alpha value is -4.05. The summed E-state index contributed by atoms with van der Waals surface area (Å²) in [6.07, 6.45) is -3.25. The first-order valence-electron chi connectivity index (χ1n) is 10.4. The number of aromatic amines is 1. The van der Waals surface area contributed by atoms with E-state index in [1.807, 2.05) is 4.98 Å². The topological polar surface area (TPSA) is 117 Å². The maximum Gasteiger partial charge on any atom is 0.338 e. The van der Waals surface area contributed by atoms with Crippen LogP contribution in [-0.4, -0.2) is 46.0 Å². The summed E-state index contributed by atoms with van der Waals surface area (Å²) in [6, 6.07) is 17.1. The fraction of sp³-hybridized carbons (Fsp3) is 0.250. The van der Waals surface area contributed by atoms with E-state index in [1.54, 1.807) is 48.5 Å². The van der Waals surface area contributed by atoms with Crippen molar-refractivity contribution in [3.8, 4) is 0 Å². The highest BCUT2D eigenvalue weighted by Gasteiger charge is 2.58. The monoisotopic (exact) mass is 468 g/mol. The molecule has 0 unspecified atom stereocenters. The number of hydrogen-bond acceptors (Lipinski definition) is 7. The molecule has 1 aliphatic heterocycles. The number of H-pyrrole nitrogens is 1. The molecule has 9 nitrogen and oxygen atoms in total. The molecule has 3 aromatic rings. The number of halogens is 1. The van der Waals surface area contributed by atoms with E-state index < -0.39 is 53.9 Å². The Bertz CT molecular complexity index is 1290. The summed E-state index contributed by atoms with van der Waals surface area (Å²) in [5.74, 6) is -1.49. The molecule has 0 spiro atoms. The normalized spacial score (nSPS) is 23.9. The number of carbonyl (C=O) groups excluding carboxylic acids is 2. The van der Waals surface area contributed by atoms with E-state index in [0.717, 1.165) is 23.8 Å². The molecule has 1 aliphatic rings. The molecule has 0 saturated carbocycles. The predicted octanol–water partition coefficient (Wildman–Crippen LogP) is 2.24. The zero-order chi connectivity index (χ0) is 24.3. The van der Waals surface area contributed by atoms with Gasteiger partial charge >= 0.3 is 17.6 Å². The third-order valence-corrected chi connectivity index (χ3v) is 5.42. The van der Waals surface area contributed by atoms with Crippen molar-refractivity contribution in [2.24, 2.45) is 0 Å². The minimum Gasteiger partial charge on any atom is -0.459 e. The van der Waals surface area contributed by atoms with Crippen LogP contribution >= 0.6 is 0 Å². The van der Waals surface area contributed by atoms with Gasteiger partial charge in [0.25, 0.3) is 5.56 Å². The van der Waals surface area contributed by atoms with E-state index >= 15 is 4.39 Å². The number of nitrogens with one attached hydrogen (secondary N) is 1. The van der Waals surface area contributed by atoms with E-state index in [-0.39, 0.29) is 11.1 Å². The number of aromatic nitrogens is 2. The van der Waals surface area contributed by atoms with Crippen LogP contribution < -0.4 is 11.2 Å². The molecule has 10 heteroatoms. The van der Waals surface area contributed by atoms with Gasteiger partial charge in [-0.25, -0.2) is 18.8 Å². The van der Waals surface area contributed by atoms with Crippen molar-refractivity contribution in [1.82, 2.24) is 9.55 Å². The number of carbonyl (C=O) groups is 2. The third kappa shape index (κ3) is 4.67. The Labute approximate surface area is 192 Å². The molecular weight excluding hydrogens is 447 g/mol. The quantitative estimate of drug-likeness (QED) is 0.552. The molecule has 34 heavy (non-hydrogen) atoms. The fourth-order valence-electron chi connectivity index (χ4n) is 3.71.